The first kappa shape index (κ1) is 11.4. The van der Waals surface area contributed by atoms with E-state index in [9.17, 15) is 9.90 Å². The van der Waals surface area contributed by atoms with Crippen molar-refractivity contribution >= 4 is 23.4 Å². The molecule has 1 atom stereocenters. The Balaban J connectivity index is 2.09. The van der Waals surface area contributed by atoms with Gasteiger partial charge < -0.3 is 15.2 Å². The average molecular weight is 239 g/mol. The number of nitrogens with one attached hydrogen (secondary N) is 1. The molecule has 1 amide bonds. The normalized spacial score (nSPS) is 18.4. The molecule has 2 rings (SSSR count). The van der Waals surface area contributed by atoms with Gasteiger partial charge in [0.05, 0.1) is 6.61 Å². The number of amides is 1. The second kappa shape index (κ2) is 4.86. The molecule has 1 heterocycles. The fraction of sp³-hybridized carbons (Fsp3) is 0.364. The van der Waals surface area contributed by atoms with Crippen molar-refractivity contribution in [1.82, 2.24) is 0 Å². The van der Waals surface area contributed by atoms with Crippen molar-refractivity contribution in [3.63, 3.8) is 0 Å². The van der Waals surface area contributed by atoms with Crippen LogP contribution in [0.4, 0.5) is 5.69 Å². The summed E-state index contributed by atoms with van der Waals surface area (Å²) in [7, 11) is 1.67. The van der Waals surface area contributed by atoms with Crippen LogP contribution in [-0.2, 0) is 9.53 Å². The maximum absolute atomic E-state index is 11.2. The molecule has 0 saturated heterocycles. The van der Waals surface area contributed by atoms with Gasteiger partial charge in [0.15, 0.2) is 6.10 Å². The topological polar surface area (TPSA) is 58.6 Å². The van der Waals surface area contributed by atoms with E-state index in [1.807, 2.05) is 12.1 Å². The number of ether oxygens (including phenoxy) is 1. The minimum atomic E-state index is -1.02. The van der Waals surface area contributed by atoms with Crippen LogP contribution in [0.3, 0.4) is 0 Å². The number of hydrogen-bond acceptors (Lipinski definition) is 4. The van der Waals surface area contributed by atoms with Gasteiger partial charge >= 0.3 is 0 Å². The SMILES string of the molecule is COCCSc1ccc2c(c1)NC(=O)C2O. The van der Waals surface area contributed by atoms with Gasteiger partial charge in [-0.25, -0.2) is 0 Å². The molecule has 0 saturated carbocycles. The number of hydrogen-bond donors (Lipinski definition) is 2. The van der Waals surface area contributed by atoms with Crippen molar-refractivity contribution < 1.29 is 14.6 Å². The lowest BCUT2D eigenvalue weighted by Gasteiger charge is -2.04. The average Bonchev–Trinajstić information content (AvgIpc) is 2.55. The Kier molecular flexibility index (Phi) is 3.48. The lowest BCUT2D eigenvalue weighted by atomic mass is 10.1. The molecule has 1 aliphatic rings. The van der Waals surface area contributed by atoms with Crippen LogP contribution in [0, 0.1) is 0 Å². The summed E-state index contributed by atoms with van der Waals surface area (Å²) >= 11 is 1.66. The Hall–Kier alpha value is -1.04. The molecular weight excluding hydrogens is 226 g/mol. The first-order chi connectivity index (χ1) is 7.72. The van der Waals surface area contributed by atoms with Crippen LogP contribution in [0.15, 0.2) is 23.1 Å². The van der Waals surface area contributed by atoms with Gasteiger partial charge in [0.25, 0.3) is 5.91 Å². The maximum Gasteiger partial charge on any atom is 0.257 e. The number of fused-ring (bicyclic) bond motifs is 1. The molecule has 0 bridgehead atoms. The number of aliphatic hydroxyl groups is 1. The number of methoxy groups -OCH3 is 1. The molecular formula is C11H13NO3S. The standard InChI is InChI=1S/C11H13NO3S/c1-15-4-5-16-7-2-3-8-9(6-7)12-11(14)10(8)13/h2-3,6,10,13H,4-5H2,1H3,(H,12,14). The van der Waals surface area contributed by atoms with E-state index in [1.165, 1.54) is 0 Å². The van der Waals surface area contributed by atoms with Gasteiger partial charge in [0, 0.05) is 29.0 Å². The number of thioether (sulfide) groups is 1. The van der Waals surface area contributed by atoms with E-state index < -0.39 is 6.10 Å². The summed E-state index contributed by atoms with van der Waals surface area (Å²) in [6, 6.07) is 5.57. The quantitative estimate of drug-likeness (QED) is 0.616. The third kappa shape index (κ3) is 2.21. The third-order valence-electron chi connectivity index (χ3n) is 2.38. The Morgan fingerprint density at radius 3 is 3.12 bits per heavy atom. The zero-order valence-electron chi connectivity index (χ0n) is 8.90. The molecule has 1 aliphatic heterocycles. The highest BCUT2D eigenvalue weighted by Gasteiger charge is 2.28. The zero-order chi connectivity index (χ0) is 11.5. The minimum Gasteiger partial charge on any atom is -0.384 e. The highest BCUT2D eigenvalue weighted by molar-refractivity contribution is 7.99. The number of carbonyl (C=O) groups excluding carboxylic acids is 1. The van der Waals surface area contributed by atoms with Crippen molar-refractivity contribution in [2.24, 2.45) is 0 Å². The van der Waals surface area contributed by atoms with E-state index in [0.29, 0.717) is 17.9 Å². The monoisotopic (exact) mass is 239 g/mol. The van der Waals surface area contributed by atoms with E-state index in [-0.39, 0.29) is 5.91 Å². The van der Waals surface area contributed by atoms with Crippen molar-refractivity contribution in [2.45, 2.75) is 11.0 Å². The molecule has 86 valence electrons. The predicted octanol–water partition coefficient (Wildman–Crippen LogP) is 1.41. The Morgan fingerprint density at radius 2 is 2.38 bits per heavy atom. The van der Waals surface area contributed by atoms with Gasteiger partial charge in [-0.05, 0) is 12.1 Å². The number of carbonyl (C=O) groups is 1. The van der Waals surface area contributed by atoms with E-state index in [2.05, 4.69) is 5.32 Å². The summed E-state index contributed by atoms with van der Waals surface area (Å²) < 4.78 is 4.96. The van der Waals surface area contributed by atoms with Gasteiger partial charge in [-0.15, -0.1) is 11.8 Å². The Labute approximate surface area is 98.0 Å². The van der Waals surface area contributed by atoms with Gasteiger partial charge in [-0.2, -0.15) is 0 Å². The highest BCUT2D eigenvalue weighted by atomic mass is 32.2. The van der Waals surface area contributed by atoms with Crippen LogP contribution in [-0.4, -0.2) is 30.5 Å². The molecule has 16 heavy (non-hydrogen) atoms. The van der Waals surface area contributed by atoms with Gasteiger partial charge in [-0.3, -0.25) is 4.79 Å². The molecule has 0 aliphatic carbocycles. The fourth-order valence-corrected chi connectivity index (χ4v) is 2.41. The number of aliphatic hydroxyl groups excluding tert-OH is 1. The minimum absolute atomic E-state index is 0.353. The number of benzene rings is 1. The number of anilines is 1. The second-order valence-electron chi connectivity index (χ2n) is 3.48. The van der Waals surface area contributed by atoms with Crippen molar-refractivity contribution in [3.05, 3.63) is 23.8 Å². The van der Waals surface area contributed by atoms with E-state index in [4.69, 9.17) is 4.74 Å². The fourth-order valence-electron chi connectivity index (χ4n) is 1.56. The molecule has 0 aromatic heterocycles. The molecule has 0 fully saturated rings. The lowest BCUT2D eigenvalue weighted by Crippen LogP contribution is -2.10. The smallest absolute Gasteiger partial charge is 0.257 e. The van der Waals surface area contributed by atoms with Crippen molar-refractivity contribution in [1.29, 1.82) is 0 Å². The molecule has 5 heteroatoms. The summed E-state index contributed by atoms with van der Waals surface area (Å²) in [6.07, 6.45) is -1.02. The summed E-state index contributed by atoms with van der Waals surface area (Å²) in [6.45, 7) is 0.691. The number of rotatable bonds is 4. The van der Waals surface area contributed by atoms with Crippen molar-refractivity contribution in [2.75, 3.05) is 24.8 Å². The first-order valence-electron chi connectivity index (χ1n) is 4.97. The summed E-state index contributed by atoms with van der Waals surface area (Å²) in [5, 5.41) is 12.2. The zero-order valence-corrected chi connectivity index (χ0v) is 9.71. The van der Waals surface area contributed by atoms with Gasteiger partial charge in [0.1, 0.15) is 0 Å². The summed E-state index contributed by atoms with van der Waals surface area (Å²) in [5.41, 5.74) is 1.36. The van der Waals surface area contributed by atoms with Crippen molar-refractivity contribution in [3.8, 4) is 0 Å². The van der Waals surface area contributed by atoms with Crippen LogP contribution >= 0.6 is 11.8 Å². The molecule has 1 aromatic rings. The molecule has 0 spiro atoms. The first-order valence-corrected chi connectivity index (χ1v) is 5.95. The highest BCUT2D eigenvalue weighted by Crippen LogP contribution is 2.33. The lowest BCUT2D eigenvalue weighted by molar-refractivity contribution is -0.123. The molecule has 0 radical (unpaired) electrons. The van der Waals surface area contributed by atoms with Crippen LogP contribution in [0.5, 0.6) is 0 Å². The van der Waals surface area contributed by atoms with Gasteiger partial charge in [-0.1, -0.05) is 6.07 Å². The van der Waals surface area contributed by atoms with Crippen LogP contribution in [0.25, 0.3) is 0 Å². The molecule has 1 unspecified atom stereocenters. The van der Waals surface area contributed by atoms with Gasteiger partial charge in [0.2, 0.25) is 0 Å². The second-order valence-corrected chi connectivity index (χ2v) is 4.65. The molecule has 1 aromatic carbocycles. The van der Waals surface area contributed by atoms with E-state index in [0.717, 1.165) is 10.6 Å². The van der Waals surface area contributed by atoms with Crippen LogP contribution < -0.4 is 5.32 Å². The van der Waals surface area contributed by atoms with Crippen LogP contribution in [0.2, 0.25) is 0 Å². The Morgan fingerprint density at radius 1 is 1.56 bits per heavy atom. The molecule has 4 nitrogen and oxygen atoms in total. The predicted molar refractivity (Wildman–Crippen MR) is 62.6 cm³/mol. The third-order valence-corrected chi connectivity index (χ3v) is 3.34. The summed E-state index contributed by atoms with van der Waals surface area (Å²) in [5.74, 6) is 0.514. The molecule has 2 N–H and O–H groups in total. The Bertz CT molecular complexity index is 408. The maximum atomic E-state index is 11.2. The van der Waals surface area contributed by atoms with E-state index >= 15 is 0 Å². The van der Waals surface area contributed by atoms with Crippen LogP contribution in [0.1, 0.15) is 11.7 Å². The van der Waals surface area contributed by atoms with E-state index in [1.54, 1.807) is 24.9 Å². The largest absolute Gasteiger partial charge is 0.384 e. The summed E-state index contributed by atoms with van der Waals surface area (Å²) in [4.78, 5) is 12.3.